The summed E-state index contributed by atoms with van der Waals surface area (Å²) >= 11 is 0. The first-order valence-corrected chi connectivity index (χ1v) is 12.6. The Morgan fingerprint density at radius 1 is 0.525 bits per heavy atom. The van der Waals surface area contributed by atoms with Gasteiger partial charge in [0.1, 0.15) is 11.5 Å². The molecule has 12 heteroatoms. The molecule has 2 aromatic carbocycles. The topological polar surface area (TPSA) is 151 Å². The number of unbranched alkanes of at least 4 members (excludes halogenated alkanes) is 3. The van der Waals surface area contributed by atoms with Gasteiger partial charge in [0, 0.05) is 37.4 Å². The predicted octanol–water partition coefficient (Wildman–Crippen LogP) is 2.98. The molecule has 0 bridgehead atoms. The molecule has 0 unspecified atom stereocenters. The lowest BCUT2D eigenvalue weighted by Gasteiger charge is -2.14. The fraction of sp³-hybridized carbons (Fsp3) is 0.214. The standard InChI is InChI=1S/C28H26N4O8/c33-23-13-14-24(34)31(23)19-5-9-21(10-6-19)39-27(37)29-17-3-1-2-4-18-30-28(38)40-22-11-7-20(8-12-22)32-25(35)15-16-26(32)36/h5-16H,1-4,17-18H2,(H,29,37)(H,30,38). The Bertz CT molecular complexity index is 1220. The maximum Gasteiger partial charge on any atom is 0.412 e. The van der Waals surface area contributed by atoms with Crippen molar-refractivity contribution in [2.24, 2.45) is 0 Å². The number of carbonyl (C=O) groups excluding carboxylic acids is 6. The van der Waals surface area contributed by atoms with E-state index in [1.165, 1.54) is 72.8 Å². The van der Waals surface area contributed by atoms with Crippen LogP contribution in [0.1, 0.15) is 25.7 Å². The Labute approximate surface area is 229 Å². The Morgan fingerprint density at radius 2 is 0.850 bits per heavy atom. The zero-order valence-electron chi connectivity index (χ0n) is 21.3. The van der Waals surface area contributed by atoms with Gasteiger partial charge in [-0.05, 0) is 61.4 Å². The summed E-state index contributed by atoms with van der Waals surface area (Å²) in [4.78, 5) is 72.8. The summed E-state index contributed by atoms with van der Waals surface area (Å²) in [7, 11) is 0. The van der Waals surface area contributed by atoms with Crippen molar-refractivity contribution < 1.29 is 38.2 Å². The Morgan fingerprint density at radius 3 is 1.18 bits per heavy atom. The highest BCUT2D eigenvalue weighted by atomic mass is 16.6. The average Bonchev–Trinajstić information content (AvgIpc) is 3.45. The molecule has 0 radical (unpaired) electrons. The molecule has 2 N–H and O–H groups in total. The van der Waals surface area contributed by atoms with Crippen molar-refractivity contribution in [2.45, 2.75) is 25.7 Å². The van der Waals surface area contributed by atoms with E-state index in [-0.39, 0.29) is 11.5 Å². The van der Waals surface area contributed by atoms with Gasteiger partial charge in [0.25, 0.3) is 23.6 Å². The van der Waals surface area contributed by atoms with Crippen LogP contribution in [0, 0.1) is 0 Å². The summed E-state index contributed by atoms with van der Waals surface area (Å²) in [6.07, 6.45) is 6.61. The van der Waals surface area contributed by atoms with Crippen LogP contribution in [-0.2, 0) is 19.2 Å². The number of hydrogen-bond acceptors (Lipinski definition) is 8. The second-order valence-electron chi connectivity index (χ2n) is 8.73. The van der Waals surface area contributed by atoms with Gasteiger partial charge in [0.2, 0.25) is 0 Å². The quantitative estimate of drug-likeness (QED) is 0.322. The number of benzene rings is 2. The minimum absolute atomic E-state index is 0.274. The molecular formula is C28H26N4O8. The minimum atomic E-state index is -0.615. The molecule has 206 valence electrons. The largest absolute Gasteiger partial charge is 0.412 e. The van der Waals surface area contributed by atoms with E-state index >= 15 is 0 Å². The van der Waals surface area contributed by atoms with Gasteiger partial charge in [-0.3, -0.25) is 19.2 Å². The number of nitrogens with zero attached hydrogens (tertiary/aromatic N) is 2. The van der Waals surface area contributed by atoms with Gasteiger partial charge in [-0.15, -0.1) is 0 Å². The van der Waals surface area contributed by atoms with Crippen LogP contribution in [0.2, 0.25) is 0 Å². The zero-order chi connectivity index (χ0) is 28.5. The number of hydrogen-bond donors (Lipinski definition) is 2. The smallest absolute Gasteiger partial charge is 0.410 e. The summed E-state index contributed by atoms with van der Waals surface area (Å²) in [6, 6.07) is 12.1. The van der Waals surface area contributed by atoms with Crippen LogP contribution >= 0.6 is 0 Å². The van der Waals surface area contributed by atoms with Crippen molar-refractivity contribution in [3.8, 4) is 11.5 Å². The van der Waals surface area contributed by atoms with E-state index in [2.05, 4.69) is 10.6 Å². The third-order valence-corrected chi connectivity index (χ3v) is 5.87. The number of imide groups is 2. The van der Waals surface area contributed by atoms with Gasteiger partial charge in [-0.1, -0.05) is 12.8 Å². The van der Waals surface area contributed by atoms with Crippen LogP contribution < -0.4 is 29.9 Å². The molecule has 2 aliphatic rings. The molecule has 0 atom stereocenters. The van der Waals surface area contributed by atoms with E-state index in [0.29, 0.717) is 37.3 Å². The molecule has 2 heterocycles. The van der Waals surface area contributed by atoms with Crippen LogP contribution in [0.25, 0.3) is 0 Å². The molecule has 0 spiro atoms. The van der Waals surface area contributed by atoms with Crippen molar-refractivity contribution in [1.82, 2.24) is 10.6 Å². The van der Waals surface area contributed by atoms with Crippen molar-refractivity contribution in [2.75, 3.05) is 22.9 Å². The Balaban J connectivity index is 1.04. The molecule has 0 saturated heterocycles. The first-order chi connectivity index (χ1) is 19.3. The number of ether oxygens (including phenoxy) is 2. The Hall–Kier alpha value is -5.26. The number of rotatable bonds is 11. The molecule has 0 aromatic heterocycles. The van der Waals surface area contributed by atoms with E-state index in [1.54, 1.807) is 0 Å². The van der Waals surface area contributed by atoms with Crippen molar-refractivity contribution in [3.63, 3.8) is 0 Å². The number of nitrogens with one attached hydrogen (secondary N) is 2. The molecule has 4 rings (SSSR count). The summed E-state index contributed by atoms with van der Waals surface area (Å²) in [5.41, 5.74) is 0.773. The van der Waals surface area contributed by atoms with Gasteiger partial charge in [-0.25, -0.2) is 19.4 Å². The second kappa shape index (κ2) is 13.0. The molecule has 40 heavy (non-hydrogen) atoms. The summed E-state index contributed by atoms with van der Waals surface area (Å²) in [5, 5.41) is 5.31. The van der Waals surface area contributed by atoms with Gasteiger partial charge in [-0.2, -0.15) is 0 Å². The highest BCUT2D eigenvalue weighted by Gasteiger charge is 2.26. The fourth-order valence-corrected chi connectivity index (χ4v) is 3.91. The van der Waals surface area contributed by atoms with Crippen LogP contribution in [0.5, 0.6) is 11.5 Å². The van der Waals surface area contributed by atoms with Gasteiger partial charge in [0.05, 0.1) is 11.4 Å². The van der Waals surface area contributed by atoms with Crippen molar-refractivity contribution in [1.29, 1.82) is 0 Å². The van der Waals surface area contributed by atoms with Crippen LogP contribution in [0.4, 0.5) is 21.0 Å². The van der Waals surface area contributed by atoms with E-state index in [9.17, 15) is 28.8 Å². The van der Waals surface area contributed by atoms with Gasteiger partial charge >= 0.3 is 12.2 Å². The zero-order valence-corrected chi connectivity index (χ0v) is 21.3. The predicted molar refractivity (Wildman–Crippen MR) is 143 cm³/mol. The van der Waals surface area contributed by atoms with E-state index in [1.807, 2.05) is 0 Å². The van der Waals surface area contributed by atoms with Crippen LogP contribution in [-0.4, -0.2) is 48.9 Å². The lowest BCUT2D eigenvalue weighted by atomic mass is 10.2. The molecular weight excluding hydrogens is 520 g/mol. The second-order valence-corrected chi connectivity index (χ2v) is 8.73. The fourth-order valence-electron chi connectivity index (χ4n) is 3.91. The first-order valence-electron chi connectivity index (χ1n) is 12.6. The monoisotopic (exact) mass is 546 g/mol. The lowest BCUT2D eigenvalue weighted by Crippen LogP contribution is -2.29. The van der Waals surface area contributed by atoms with Crippen molar-refractivity contribution >= 4 is 47.2 Å². The third kappa shape index (κ3) is 7.19. The summed E-state index contributed by atoms with van der Waals surface area (Å²) in [6.45, 7) is 0.824. The third-order valence-electron chi connectivity index (χ3n) is 5.87. The number of amides is 6. The highest BCUT2D eigenvalue weighted by Crippen LogP contribution is 2.23. The molecule has 0 fully saturated rings. The maximum absolute atomic E-state index is 12.0. The average molecular weight is 547 g/mol. The Kier molecular flexibility index (Phi) is 9.03. The van der Waals surface area contributed by atoms with Crippen LogP contribution in [0.15, 0.2) is 72.8 Å². The molecule has 12 nitrogen and oxygen atoms in total. The van der Waals surface area contributed by atoms with E-state index in [0.717, 1.165) is 22.6 Å². The van der Waals surface area contributed by atoms with Crippen LogP contribution in [0.3, 0.4) is 0 Å². The van der Waals surface area contributed by atoms with Gasteiger partial charge < -0.3 is 20.1 Å². The SMILES string of the molecule is O=C(NCCCCCCNC(=O)Oc1ccc(N2C(=O)C=CC2=O)cc1)Oc1ccc(N2C(=O)C=CC2=O)cc1. The number of anilines is 2. The normalized spacial score (nSPS) is 14.2. The molecule has 0 aliphatic carbocycles. The van der Waals surface area contributed by atoms with Crippen molar-refractivity contribution in [3.05, 3.63) is 72.8 Å². The summed E-state index contributed by atoms with van der Waals surface area (Å²) < 4.78 is 10.4. The number of carbonyl (C=O) groups is 6. The lowest BCUT2D eigenvalue weighted by molar-refractivity contribution is -0.121. The molecule has 2 aliphatic heterocycles. The molecule has 6 amide bonds. The highest BCUT2D eigenvalue weighted by molar-refractivity contribution is 6.28. The van der Waals surface area contributed by atoms with Gasteiger partial charge in [0.15, 0.2) is 0 Å². The van der Waals surface area contributed by atoms with E-state index in [4.69, 9.17) is 9.47 Å². The molecule has 0 saturated carbocycles. The molecule has 2 aromatic rings. The minimum Gasteiger partial charge on any atom is -0.410 e. The first kappa shape index (κ1) is 27.8. The summed E-state index contributed by atoms with van der Waals surface area (Å²) in [5.74, 6) is -1.16. The maximum atomic E-state index is 12.0. The van der Waals surface area contributed by atoms with E-state index < -0.39 is 35.8 Å².